The van der Waals surface area contributed by atoms with E-state index in [1.807, 2.05) is 25.1 Å². The maximum Gasteiger partial charge on any atom is 0.131 e. The van der Waals surface area contributed by atoms with E-state index in [4.69, 9.17) is 14.2 Å². The summed E-state index contributed by atoms with van der Waals surface area (Å²) >= 11 is 0. The van der Waals surface area contributed by atoms with Gasteiger partial charge < -0.3 is 19.3 Å². The summed E-state index contributed by atoms with van der Waals surface area (Å²) in [5.74, 6) is 1.47. The number of nitrogens with zero attached hydrogens (tertiary/aromatic N) is 1. The fraction of sp³-hybridized carbons (Fsp3) is 0.462. The van der Waals surface area contributed by atoms with Gasteiger partial charge in [-0.2, -0.15) is 0 Å². The van der Waals surface area contributed by atoms with Gasteiger partial charge in [0, 0.05) is 24.8 Å². The Bertz CT molecular complexity index is 1070. The Hall–Kier alpha value is -2.50. The highest BCUT2D eigenvalue weighted by atomic mass is 16.5. The number of allylic oxidation sites excluding steroid dienone is 1. The average Bonchev–Trinajstić information content (AvgIpc) is 2.76. The summed E-state index contributed by atoms with van der Waals surface area (Å²) < 4.78 is 17.6. The number of likely N-dealkylation sites (N-methyl/N-ethyl adjacent to an activating group) is 1. The summed E-state index contributed by atoms with van der Waals surface area (Å²) in [6.07, 6.45) is 2.89. The largest absolute Gasteiger partial charge is 0.507 e. The topological polar surface area (TPSA) is 51.2 Å². The average molecular weight is 424 g/mol. The van der Waals surface area contributed by atoms with Crippen LogP contribution in [0.1, 0.15) is 37.3 Å². The van der Waals surface area contributed by atoms with Crippen LogP contribution in [0.4, 0.5) is 0 Å². The molecule has 166 valence electrons. The molecule has 1 aliphatic heterocycles. The molecule has 0 unspecified atom stereocenters. The van der Waals surface area contributed by atoms with Gasteiger partial charge in [0.05, 0.1) is 31.6 Å². The van der Waals surface area contributed by atoms with Gasteiger partial charge in [-0.05, 0) is 68.5 Å². The van der Waals surface area contributed by atoms with Gasteiger partial charge in [-0.25, -0.2) is 0 Å². The summed E-state index contributed by atoms with van der Waals surface area (Å²) in [4.78, 5) is 2.39. The molecule has 0 bridgehead atoms. The second-order valence-corrected chi connectivity index (χ2v) is 8.77. The Labute approximate surface area is 184 Å². The van der Waals surface area contributed by atoms with E-state index >= 15 is 0 Å². The number of phenolic OH excluding ortho intramolecular Hbond substituents is 1. The number of ether oxygens (including phenoxy) is 3. The molecule has 0 saturated heterocycles. The van der Waals surface area contributed by atoms with Crippen LogP contribution < -0.4 is 4.74 Å². The van der Waals surface area contributed by atoms with Crippen molar-refractivity contribution >= 4 is 10.8 Å². The molecular formula is C26H33NO4. The van der Waals surface area contributed by atoms with Crippen LogP contribution in [0, 0.1) is 6.92 Å². The highest BCUT2D eigenvalue weighted by Crippen LogP contribution is 2.50. The van der Waals surface area contributed by atoms with Crippen molar-refractivity contribution in [3.05, 3.63) is 58.4 Å². The van der Waals surface area contributed by atoms with Crippen molar-refractivity contribution < 1.29 is 19.3 Å². The van der Waals surface area contributed by atoms with Crippen molar-refractivity contribution in [2.24, 2.45) is 0 Å². The van der Waals surface area contributed by atoms with Gasteiger partial charge in [0.2, 0.25) is 0 Å². The molecule has 0 fully saturated rings. The van der Waals surface area contributed by atoms with Crippen LogP contribution in [0.25, 0.3) is 10.8 Å². The van der Waals surface area contributed by atoms with Crippen molar-refractivity contribution in [2.75, 3.05) is 28.4 Å². The number of hydrogen-bond acceptors (Lipinski definition) is 5. The second kappa shape index (κ2) is 8.21. The summed E-state index contributed by atoms with van der Waals surface area (Å²) in [6, 6.07) is 8.60. The molecule has 5 heteroatoms. The lowest BCUT2D eigenvalue weighted by molar-refractivity contribution is 0.0683. The molecule has 5 nitrogen and oxygen atoms in total. The van der Waals surface area contributed by atoms with Gasteiger partial charge in [-0.1, -0.05) is 18.2 Å². The van der Waals surface area contributed by atoms with Gasteiger partial charge in [0.15, 0.2) is 0 Å². The Morgan fingerprint density at radius 2 is 1.84 bits per heavy atom. The van der Waals surface area contributed by atoms with Gasteiger partial charge in [0.25, 0.3) is 0 Å². The number of methoxy groups -OCH3 is 3. The Morgan fingerprint density at radius 1 is 1.10 bits per heavy atom. The normalized spacial score (nSPS) is 26.6. The molecular weight excluding hydrogens is 390 g/mol. The molecule has 4 rings (SSSR count). The fourth-order valence-electron chi connectivity index (χ4n) is 5.46. The van der Waals surface area contributed by atoms with Crippen LogP contribution in [0.3, 0.4) is 0 Å². The molecule has 0 spiro atoms. The van der Waals surface area contributed by atoms with Gasteiger partial charge in [-0.15, -0.1) is 0 Å². The van der Waals surface area contributed by atoms with Gasteiger partial charge in [-0.3, -0.25) is 4.90 Å². The first-order valence-electron chi connectivity index (χ1n) is 10.9. The zero-order valence-corrected chi connectivity index (χ0v) is 19.5. The molecule has 1 N–H and O–H groups in total. The standard InChI is InChI=1S/C26H33NO4/c1-14-11-17-9-8-10-19(29-5)23(17)25(28)21(14)24-20(30-6)13-18-12-15(2)27(4)16(3)22(18)26(24)31-7/h8-11,13,15-16,24,26,28H,12H2,1-7H3/t15-,16+,24+,26-/m0/s1. The van der Waals surface area contributed by atoms with E-state index in [1.54, 1.807) is 21.3 Å². The number of rotatable bonds is 4. The maximum atomic E-state index is 11.5. The first-order valence-corrected chi connectivity index (χ1v) is 10.9. The lowest BCUT2D eigenvalue weighted by Gasteiger charge is -2.45. The minimum atomic E-state index is -0.243. The number of fused-ring (bicyclic) bond motifs is 1. The van der Waals surface area contributed by atoms with E-state index in [0.717, 1.165) is 34.1 Å². The summed E-state index contributed by atoms with van der Waals surface area (Å²) in [5, 5.41) is 13.2. The molecule has 1 heterocycles. The highest BCUT2D eigenvalue weighted by Gasteiger charge is 2.43. The maximum absolute atomic E-state index is 11.5. The van der Waals surface area contributed by atoms with Crippen LogP contribution in [-0.4, -0.2) is 56.6 Å². The number of benzene rings is 2. The van der Waals surface area contributed by atoms with E-state index in [9.17, 15) is 5.11 Å². The van der Waals surface area contributed by atoms with E-state index in [1.165, 1.54) is 11.1 Å². The molecule has 4 atom stereocenters. The lowest BCUT2D eigenvalue weighted by Crippen LogP contribution is -2.47. The Kier molecular flexibility index (Phi) is 5.75. The first-order chi connectivity index (χ1) is 14.8. The zero-order valence-electron chi connectivity index (χ0n) is 19.5. The molecule has 0 saturated carbocycles. The molecule has 0 aromatic heterocycles. The number of aryl methyl sites for hydroxylation is 1. The number of aromatic hydroxyl groups is 1. The smallest absolute Gasteiger partial charge is 0.131 e. The quantitative estimate of drug-likeness (QED) is 0.757. The zero-order chi connectivity index (χ0) is 22.4. The Balaban J connectivity index is 1.96. The fourth-order valence-corrected chi connectivity index (χ4v) is 5.46. The van der Waals surface area contributed by atoms with E-state index in [-0.39, 0.29) is 23.8 Å². The highest BCUT2D eigenvalue weighted by molar-refractivity contribution is 5.95. The van der Waals surface area contributed by atoms with Gasteiger partial charge in [0.1, 0.15) is 17.3 Å². The lowest BCUT2D eigenvalue weighted by atomic mass is 9.73. The minimum Gasteiger partial charge on any atom is -0.507 e. The van der Waals surface area contributed by atoms with Crippen molar-refractivity contribution in [3.63, 3.8) is 0 Å². The van der Waals surface area contributed by atoms with Gasteiger partial charge >= 0.3 is 0 Å². The third-order valence-corrected chi connectivity index (χ3v) is 7.24. The van der Waals surface area contributed by atoms with Crippen LogP contribution in [0.15, 0.2) is 47.2 Å². The molecule has 1 aliphatic carbocycles. The summed E-state index contributed by atoms with van der Waals surface area (Å²) in [5.41, 5.74) is 4.39. The molecule has 0 amide bonds. The van der Waals surface area contributed by atoms with E-state index in [2.05, 4.69) is 37.9 Å². The number of hydrogen-bond donors (Lipinski definition) is 1. The molecule has 2 aliphatic rings. The van der Waals surface area contributed by atoms with Crippen molar-refractivity contribution in [3.8, 4) is 11.5 Å². The SMILES string of the molecule is COC1=CC2=C([C@@H](C)N(C)[C@@H](C)C2)[C@H](OC)[C@H]1c1c(C)cc2cccc(OC)c2c1O. The van der Waals surface area contributed by atoms with Crippen molar-refractivity contribution in [2.45, 2.75) is 51.3 Å². The number of phenols is 1. The second-order valence-electron chi connectivity index (χ2n) is 8.77. The third kappa shape index (κ3) is 3.31. The van der Waals surface area contributed by atoms with Crippen LogP contribution in [0.2, 0.25) is 0 Å². The summed E-state index contributed by atoms with van der Waals surface area (Å²) in [7, 11) is 7.25. The van der Waals surface area contributed by atoms with Crippen molar-refractivity contribution in [1.29, 1.82) is 0 Å². The predicted molar refractivity (Wildman–Crippen MR) is 124 cm³/mol. The molecule has 0 radical (unpaired) electrons. The minimum absolute atomic E-state index is 0.225. The molecule has 2 aromatic carbocycles. The van der Waals surface area contributed by atoms with Crippen LogP contribution in [0.5, 0.6) is 11.5 Å². The van der Waals surface area contributed by atoms with E-state index in [0.29, 0.717) is 11.8 Å². The van der Waals surface area contributed by atoms with Crippen LogP contribution >= 0.6 is 0 Å². The Morgan fingerprint density at radius 3 is 2.48 bits per heavy atom. The first kappa shape index (κ1) is 21.7. The molecule has 31 heavy (non-hydrogen) atoms. The monoisotopic (exact) mass is 423 g/mol. The third-order valence-electron chi connectivity index (χ3n) is 7.24. The van der Waals surface area contributed by atoms with Crippen molar-refractivity contribution in [1.82, 2.24) is 4.90 Å². The van der Waals surface area contributed by atoms with Crippen LogP contribution in [-0.2, 0) is 9.47 Å². The molecule has 2 aromatic rings. The predicted octanol–water partition coefficient (Wildman–Crippen LogP) is 4.91. The van der Waals surface area contributed by atoms with E-state index < -0.39 is 0 Å². The summed E-state index contributed by atoms with van der Waals surface area (Å²) in [6.45, 7) is 6.52.